The highest BCUT2D eigenvalue weighted by Crippen LogP contribution is 2.60. The second-order valence-electron chi connectivity index (χ2n) is 8.01. The minimum atomic E-state index is -0.0791. The van der Waals surface area contributed by atoms with E-state index in [9.17, 15) is 5.11 Å². The van der Waals surface area contributed by atoms with Gasteiger partial charge in [-0.3, -0.25) is 0 Å². The number of hydrogen-bond donors (Lipinski definition) is 1. The number of rotatable bonds is 3. The van der Waals surface area contributed by atoms with Crippen LogP contribution in [0, 0.1) is 17.3 Å². The molecular formula is C21H28O2. The fourth-order valence-electron chi connectivity index (χ4n) is 5.78. The van der Waals surface area contributed by atoms with Crippen LogP contribution < -0.4 is 4.74 Å². The third-order valence-electron chi connectivity index (χ3n) is 7.02. The van der Waals surface area contributed by atoms with Crippen molar-refractivity contribution >= 4 is 0 Å². The van der Waals surface area contributed by atoms with Crippen molar-refractivity contribution in [2.24, 2.45) is 17.3 Å². The first kappa shape index (κ1) is 15.3. The number of benzene rings is 1. The Labute approximate surface area is 139 Å². The van der Waals surface area contributed by atoms with Crippen molar-refractivity contribution < 1.29 is 9.84 Å². The zero-order valence-electron chi connectivity index (χ0n) is 14.1. The van der Waals surface area contributed by atoms with Gasteiger partial charge in [-0.2, -0.15) is 0 Å². The first-order valence-corrected chi connectivity index (χ1v) is 9.18. The highest BCUT2D eigenvalue weighted by molar-refractivity contribution is 5.40. The number of ether oxygens (including phenoxy) is 1. The summed E-state index contributed by atoms with van der Waals surface area (Å²) in [5.41, 5.74) is 3.21. The average molecular weight is 312 g/mol. The molecule has 0 bridgehead atoms. The van der Waals surface area contributed by atoms with E-state index in [1.165, 1.54) is 31.2 Å². The SMILES string of the molecule is C=CCOc1ccc2c(c1)CC[C@@H]1[C@@H]2CC[C@]2(C)[C@@H](O)CC[C@@H]12. The van der Waals surface area contributed by atoms with Crippen molar-refractivity contribution in [1.29, 1.82) is 0 Å². The minimum absolute atomic E-state index is 0.0791. The molecule has 0 aromatic heterocycles. The van der Waals surface area contributed by atoms with Crippen molar-refractivity contribution in [3.05, 3.63) is 42.0 Å². The van der Waals surface area contributed by atoms with Gasteiger partial charge in [-0.1, -0.05) is 25.6 Å². The van der Waals surface area contributed by atoms with Gasteiger partial charge in [-0.15, -0.1) is 0 Å². The van der Waals surface area contributed by atoms with Crippen LogP contribution in [-0.4, -0.2) is 17.8 Å². The number of aliphatic hydroxyl groups excluding tert-OH is 1. The van der Waals surface area contributed by atoms with Crippen molar-refractivity contribution in [1.82, 2.24) is 0 Å². The van der Waals surface area contributed by atoms with Crippen molar-refractivity contribution in [2.75, 3.05) is 6.61 Å². The van der Waals surface area contributed by atoms with Gasteiger partial charge in [0.25, 0.3) is 0 Å². The van der Waals surface area contributed by atoms with E-state index in [1.807, 2.05) is 0 Å². The molecule has 2 fully saturated rings. The Balaban J connectivity index is 1.61. The Hall–Kier alpha value is -1.28. The molecule has 5 atom stereocenters. The van der Waals surface area contributed by atoms with Crippen molar-refractivity contribution in [2.45, 2.75) is 57.5 Å². The van der Waals surface area contributed by atoms with Gasteiger partial charge >= 0.3 is 0 Å². The standard InChI is InChI=1S/C21H28O2/c1-3-12-23-15-5-7-16-14(13-15)4-6-18-17(16)10-11-21(2)19(18)8-9-20(21)22/h3,5,7,13,17-20,22H,1,4,6,8-12H2,2H3/t17-,18-,19+,20+,21+/m1/s1. The predicted molar refractivity (Wildman–Crippen MR) is 92.8 cm³/mol. The van der Waals surface area contributed by atoms with Crippen LogP contribution in [0.4, 0.5) is 0 Å². The molecule has 1 N–H and O–H groups in total. The summed E-state index contributed by atoms with van der Waals surface area (Å²) in [6.45, 7) is 6.63. The smallest absolute Gasteiger partial charge is 0.120 e. The van der Waals surface area contributed by atoms with Crippen molar-refractivity contribution in [3.8, 4) is 5.75 Å². The second-order valence-corrected chi connectivity index (χ2v) is 8.01. The van der Waals surface area contributed by atoms with Gasteiger partial charge in [0.05, 0.1) is 6.10 Å². The van der Waals surface area contributed by atoms with E-state index in [-0.39, 0.29) is 11.5 Å². The normalized spacial score (nSPS) is 38.3. The lowest BCUT2D eigenvalue weighted by atomic mass is 9.55. The largest absolute Gasteiger partial charge is 0.490 e. The summed E-state index contributed by atoms with van der Waals surface area (Å²) >= 11 is 0. The van der Waals surface area contributed by atoms with E-state index in [4.69, 9.17) is 4.74 Å². The molecule has 0 amide bonds. The lowest BCUT2D eigenvalue weighted by Crippen LogP contribution is -2.43. The van der Waals surface area contributed by atoms with E-state index in [2.05, 4.69) is 31.7 Å². The predicted octanol–water partition coefficient (Wildman–Crippen LogP) is 4.47. The molecule has 0 radical (unpaired) electrons. The molecule has 4 rings (SSSR count). The maximum atomic E-state index is 10.5. The summed E-state index contributed by atoms with van der Waals surface area (Å²) in [6.07, 6.45) is 8.77. The van der Waals surface area contributed by atoms with E-state index in [0.717, 1.165) is 24.5 Å². The quantitative estimate of drug-likeness (QED) is 0.835. The maximum absolute atomic E-state index is 10.5. The number of aliphatic hydroxyl groups is 1. The molecule has 2 nitrogen and oxygen atoms in total. The van der Waals surface area contributed by atoms with Crippen LogP contribution in [0.2, 0.25) is 0 Å². The fourth-order valence-corrected chi connectivity index (χ4v) is 5.78. The fraction of sp³-hybridized carbons (Fsp3) is 0.619. The van der Waals surface area contributed by atoms with Crippen LogP contribution in [0.3, 0.4) is 0 Å². The van der Waals surface area contributed by atoms with Crippen LogP contribution in [0.1, 0.15) is 56.1 Å². The van der Waals surface area contributed by atoms with Gasteiger partial charge in [-0.05, 0) is 85.0 Å². The second kappa shape index (κ2) is 5.66. The van der Waals surface area contributed by atoms with E-state index < -0.39 is 0 Å². The lowest BCUT2D eigenvalue weighted by Gasteiger charge is -2.50. The molecule has 0 aliphatic heterocycles. The van der Waals surface area contributed by atoms with Gasteiger partial charge in [0, 0.05) is 0 Å². The molecule has 0 unspecified atom stereocenters. The monoisotopic (exact) mass is 312 g/mol. The summed E-state index contributed by atoms with van der Waals surface area (Å²) in [4.78, 5) is 0. The summed E-state index contributed by atoms with van der Waals surface area (Å²) < 4.78 is 5.71. The molecule has 124 valence electrons. The summed E-state index contributed by atoms with van der Waals surface area (Å²) in [5.74, 6) is 3.13. The van der Waals surface area contributed by atoms with Crippen LogP contribution >= 0.6 is 0 Å². The Morgan fingerprint density at radius 1 is 1.30 bits per heavy atom. The Morgan fingerprint density at radius 3 is 3.00 bits per heavy atom. The van der Waals surface area contributed by atoms with Gasteiger partial charge in [0.1, 0.15) is 12.4 Å². The molecule has 1 aromatic rings. The van der Waals surface area contributed by atoms with E-state index >= 15 is 0 Å². The highest BCUT2D eigenvalue weighted by atomic mass is 16.5. The molecule has 2 heteroatoms. The molecule has 2 saturated carbocycles. The number of hydrogen-bond acceptors (Lipinski definition) is 2. The first-order valence-electron chi connectivity index (χ1n) is 9.18. The van der Waals surface area contributed by atoms with E-state index in [1.54, 1.807) is 11.6 Å². The first-order chi connectivity index (χ1) is 11.1. The number of fused-ring (bicyclic) bond motifs is 5. The molecule has 1 aromatic carbocycles. The van der Waals surface area contributed by atoms with Crippen LogP contribution in [-0.2, 0) is 6.42 Å². The Morgan fingerprint density at radius 2 is 2.17 bits per heavy atom. The third-order valence-corrected chi connectivity index (χ3v) is 7.02. The average Bonchev–Trinajstić information content (AvgIpc) is 2.88. The van der Waals surface area contributed by atoms with Gasteiger partial charge in [0.15, 0.2) is 0 Å². The molecule has 23 heavy (non-hydrogen) atoms. The summed E-state index contributed by atoms with van der Waals surface area (Å²) in [6, 6.07) is 6.67. The van der Waals surface area contributed by atoms with Crippen LogP contribution in [0.15, 0.2) is 30.9 Å². The zero-order chi connectivity index (χ0) is 16.0. The molecule has 3 aliphatic rings. The third kappa shape index (κ3) is 2.34. The zero-order valence-corrected chi connectivity index (χ0v) is 14.1. The van der Waals surface area contributed by atoms with Crippen LogP contribution in [0.5, 0.6) is 5.75 Å². The molecule has 0 saturated heterocycles. The van der Waals surface area contributed by atoms with E-state index in [0.29, 0.717) is 18.4 Å². The van der Waals surface area contributed by atoms with Gasteiger partial charge in [0.2, 0.25) is 0 Å². The Bertz CT molecular complexity index is 608. The molecule has 3 aliphatic carbocycles. The molecule has 0 spiro atoms. The van der Waals surface area contributed by atoms with Gasteiger partial charge in [-0.25, -0.2) is 0 Å². The van der Waals surface area contributed by atoms with Crippen molar-refractivity contribution in [3.63, 3.8) is 0 Å². The maximum Gasteiger partial charge on any atom is 0.120 e. The summed E-state index contributed by atoms with van der Waals surface area (Å²) in [5, 5.41) is 10.5. The minimum Gasteiger partial charge on any atom is -0.490 e. The molecular weight excluding hydrogens is 284 g/mol. The highest BCUT2D eigenvalue weighted by Gasteiger charge is 2.54. The lowest BCUT2D eigenvalue weighted by molar-refractivity contribution is -0.0226. The van der Waals surface area contributed by atoms with Crippen LogP contribution in [0.25, 0.3) is 0 Å². The summed E-state index contributed by atoms with van der Waals surface area (Å²) in [7, 11) is 0. The van der Waals surface area contributed by atoms with Gasteiger partial charge < -0.3 is 9.84 Å². The molecule has 0 heterocycles. The topological polar surface area (TPSA) is 29.5 Å². The number of aryl methyl sites for hydroxylation is 1. The Kier molecular flexibility index (Phi) is 3.76.